The van der Waals surface area contributed by atoms with Crippen LogP contribution in [0.1, 0.15) is 6.92 Å². The molecular weight excluding hydrogens is 156 g/mol. The van der Waals surface area contributed by atoms with Crippen LogP contribution in [0.4, 0.5) is 5.69 Å². The van der Waals surface area contributed by atoms with Gasteiger partial charge < -0.3 is 5.11 Å². The van der Waals surface area contributed by atoms with Crippen molar-refractivity contribution in [2.24, 2.45) is 0 Å². The first-order valence-corrected chi connectivity index (χ1v) is 3.50. The standard InChI is InChI=1S/C8H10N2O2/c1-6(11)9-10-7-3-2-4-8(12)5-7/h2-5,10,12H,1H3,(H,9,11). The number of phenols is 1. The molecule has 1 rings (SSSR count). The molecule has 0 saturated heterocycles. The molecule has 0 bridgehead atoms. The highest BCUT2D eigenvalue weighted by molar-refractivity contribution is 5.74. The summed E-state index contributed by atoms with van der Waals surface area (Å²) in [6.45, 7) is 1.40. The summed E-state index contributed by atoms with van der Waals surface area (Å²) in [5.74, 6) is -0.0244. The molecule has 0 aliphatic rings. The average Bonchev–Trinajstić information content (AvgIpc) is 2.01. The van der Waals surface area contributed by atoms with E-state index in [9.17, 15) is 4.79 Å². The van der Waals surface area contributed by atoms with Crippen LogP contribution < -0.4 is 10.9 Å². The zero-order chi connectivity index (χ0) is 8.97. The lowest BCUT2D eigenvalue weighted by Gasteiger charge is -2.05. The molecule has 0 spiro atoms. The Morgan fingerprint density at radius 2 is 2.25 bits per heavy atom. The van der Waals surface area contributed by atoms with Gasteiger partial charge in [-0.1, -0.05) is 6.07 Å². The first-order chi connectivity index (χ1) is 5.68. The Morgan fingerprint density at radius 3 is 2.83 bits per heavy atom. The van der Waals surface area contributed by atoms with Gasteiger partial charge in [0, 0.05) is 13.0 Å². The molecule has 0 aromatic heterocycles. The molecule has 64 valence electrons. The molecule has 0 fully saturated rings. The number of phenolic OH excluding ortho intramolecular Hbond substituents is 1. The van der Waals surface area contributed by atoms with E-state index in [0.717, 1.165) is 0 Å². The number of rotatable bonds is 2. The first-order valence-electron chi connectivity index (χ1n) is 3.50. The maximum absolute atomic E-state index is 10.5. The van der Waals surface area contributed by atoms with Gasteiger partial charge in [0.1, 0.15) is 5.75 Å². The topological polar surface area (TPSA) is 61.4 Å². The Labute approximate surface area is 70.2 Å². The Kier molecular flexibility index (Phi) is 2.53. The van der Waals surface area contributed by atoms with Gasteiger partial charge >= 0.3 is 0 Å². The van der Waals surface area contributed by atoms with Crippen LogP contribution in [-0.2, 0) is 4.79 Å². The van der Waals surface area contributed by atoms with E-state index in [4.69, 9.17) is 5.11 Å². The van der Waals surface area contributed by atoms with Gasteiger partial charge in [-0.25, -0.2) is 0 Å². The Bertz CT molecular complexity index is 286. The van der Waals surface area contributed by atoms with Crippen molar-refractivity contribution in [2.75, 3.05) is 5.43 Å². The maximum atomic E-state index is 10.5. The number of aromatic hydroxyl groups is 1. The van der Waals surface area contributed by atoms with Gasteiger partial charge in [-0.05, 0) is 12.1 Å². The van der Waals surface area contributed by atoms with Crippen LogP contribution in [0.2, 0.25) is 0 Å². The molecule has 0 aliphatic carbocycles. The molecule has 1 aromatic carbocycles. The third-order valence-electron chi connectivity index (χ3n) is 1.23. The Balaban J connectivity index is 2.57. The zero-order valence-corrected chi connectivity index (χ0v) is 6.66. The third-order valence-corrected chi connectivity index (χ3v) is 1.23. The van der Waals surface area contributed by atoms with Crippen LogP contribution in [0.15, 0.2) is 24.3 Å². The minimum atomic E-state index is -0.182. The number of amides is 1. The second-order valence-corrected chi connectivity index (χ2v) is 2.36. The second-order valence-electron chi connectivity index (χ2n) is 2.36. The van der Waals surface area contributed by atoms with Gasteiger partial charge in [0.05, 0.1) is 5.69 Å². The molecule has 1 aromatic rings. The molecule has 0 unspecified atom stereocenters. The van der Waals surface area contributed by atoms with Crippen LogP contribution in [0.5, 0.6) is 5.75 Å². The molecule has 1 amide bonds. The van der Waals surface area contributed by atoms with E-state index in [0.29, 0.717) is 5.69 Å². The number of carbonyl (C=O) groups excluding carboxylic acids is 1. The molecule has 0 radical (unpaired) electrons. The molecule has 0 atom stereocenters. The quantitative estimate of drug-likeness (QED) is 0.571. The second kappa shape index (κ2) is 3.61. The fraction of sp³-hybridized carbons (Fsp3) is 0.125. The predicted octanol–water partition coefficient (Wildman–Crippen LogP) is 0.855. The fourth-order valence-electron chi connectivity index (χ4n) is 0.744. The lowest BCUT2D eigenvalue weighted by molar-refractivity contribution is -0.118. The van der Waals surface area contributed by atoms with Gasteiger partial charge in [0.25, 0.3) is 0 Å². The molecule has 0 saturated carbocycles. The van der Waals surface area contributed by atoms with E-state index in [1.165, 1.54) is 13.0 Å². The van der Waals surface area contributed by atoms with Crippen LogP contribution in [0.3, 0.4) is 0 Å². The normalized spacial score (nSPS) is 9.08. The van der Waals surface area contributed by atoms with Crippen molar-refractivity contribution in [3.05, 3.63) is 24.3 Å². The molecule has 12 heavy (non-hydrogen) atoms. The van der Waals surface area contributed by atoms with E-state index >= 15 is 0 Å². The lowest BCUT2D eigenvalue weighted by atomic mass is 10.3. The summed E-state index contributed by atoms with van der Waals surface area (Å²) in [5.41, 5.74) is 5.66. The van der Waals surface area contributed by atoms with Gasteiger partial charge in [-0.2, -0.15) is 0 Å². The number of hydrazine groups is 1. The van der Waals surface area contributed by atoms with Crippen molar-refractivity contribution in [2.45, 2.75) is 6.92 Å². The summed E-state index contributed by atoms with van der Waals surface area (Å²) < 4.78 is 0. The molecule has 0 aliphatic heterocycles. The summed E-state index contributed by atoms with van der Waals surface area (Å²) >= 11 is 0. The first kappa shape index (κ1) is 8.39. The summed E-state index contributed by atoms with van der Waals surface area (Å²) in [6.07, 6.45) is 0. The predicted molar refractivity (Wildman–Crippen MR) is 45.5 cm³/mol. The number of anilines is 1. The van der Waals surface area contributed by atoms with E-state index in [-0.39, 0.29) is 11.7 Å². The van der Waals surface area contributed by atoms with Gasteiger partial charge in [0.15, 0.2) is 0 Å². The van der Waals surface area contributed by atoms with Crippen molar-refractivity contribution in [3.8, 4) is 5.75 Å². The van der Waals surface area contributed by atoms with Crippen molar-refractivity contribution in [1.82, 2.24) is 5.43 Å². The zero-order valence-electron chi connectivity index (χ0n) is 6.66. The molecule has 0 heterocycles. The van der Waals surface area contributed by atoms with Crippen molar-refractivity contribution in [3.63, 3.8) is 0 Å². The van der Waals surface area contributed by atoms with E-state index in [1.807, 2.05) is 0 Å². The third kappa shape index (κ3) is 2.49. The average molecular weight is 166 g/mol. The number of benzene rings is 1. The number of hydrogen-bond acceptors (Lipinski definition) is 3. The summed E-state index contributed by atoms with van der Waals surface area (Å²) in [6, 6.07) is 6.48. The van der Waals surface area contributed by atoms with Crippen molar-refractivity contribution in [1.29, 1.82) is 0 Å². The fourth-order valence-corrected chi connectivity index (χ4v) is 0.744. The van der Waals surface area contributed by atoms with Crippen molar-refractivity contribution < 1.29 is 9.90 Å². The Morgan fingerprint density at radius 1 is 1.50 bits per heavy atom. The minimum Gasteiger partial charge on any atom is -0.508 e. The van der Waals surface area contributed by atoms with E-state index in [2.05, 4.69) is 10.9 Å². The van der Waals surface area contributed by atoms with Crippen molar-refractivity contribution >= 4 is 11.6 Å². The van der Waals surface area contributed by atoms with Gasteiger partial charge in [-0.3, -0.25) is 15.6 Å². The Hall–Kier alpha value is -1.71. The summed E-state index contributed by atoms with van der Waals surface area (Å²) in [4.78, 5) is 10.5. The van der Waals surface area contributed by atoms with Crippen LogP contribution >= 0.6 is 0 Å². The summed E-state index contributed by atoms with van der Waals surface area (Å²) in [5, 5.41) is 9.03. The number of nitrogens with one attached hydrogen (secondary N) is 2. The van der Waals surface area contributed by atoms with E-state index < -0.39 is 0 Å². The van der Waals surface area contributed by atoms with E-state index in [1.54, 1.807) is 18.2 Å². The highest BCUT2D eigenvalue weighted by atomic mass is 16.3. The van der Waals surface area contributed by atoms with Crippen LogP contribution in [0.25, 0.3) is 0 Å². The number of carbonyl (C=O) groups is 1. The molecule has 4 nitrogen and oxygen atoms in total. The highest BCUT2D eigenvalue weighted by Crippen LogP contribution is 2.13. The maximum Gasteiger partial charge on any atom is 0.235 e. The minimum absolute atomic E-state index is 0.158. The lowest BCUT2D eigenvalue weighted by Crippen LogP contribution is -2.26. The van der Waals surface area contributed by atoms with Gasteiger partial charge in [0.2, 0.25) is 5.91 Å². The van der Waals surface area contributed by atoms with Crippen LogP contribution in [0, 0.1) is 0 Å². The molecule has 3 N–H and O–H groups in total. The smallest absolute Gasteiger partial charge is 0.235 e. The molecular formula is C8H10N2O2. The number of hydrogen-bond donors (Lipinski definition) is 3. The molecule has 4 heteroatoms. The largest absolute Gasteiger partial charge is 0.508 e. The highest BCUT2D eigenvalue weighted by Gasteiger charge is 1.93. The SMILES string of the molecule is CC(=O)NNc1cccc(O)c1. The van der Waals surface area contributed by atoms with Gasteiger partial charge in [-0.15, -0.1) is 0 Å². The van der Waals surface area contributed by atoms with Crippen LogP contribution in [-0.4, -0.2) is 11.0 Å². The monoisotopic (exact) mass is 166 g/mol. The summed E-state index contributed by atoms with van der Waals surface area (Å²) in [7, 11) is 0.